The van der Waals surface area contributed by atoms with Crippen molar-refractivity contribution < 1.29 is 24.3 Å². The van der Waals surface area contributed by atoms with Gasteiger partial charge in [-0.05, 0) is 51.6 Å². The lowest BCUT2D eigenvalue weighted by molar-refractivity contribution is -0.142. The van der Waals surface area contributed by atoms with Crippen LogP contribution in [-0.2, 0) is 32.0 Å². The highest BCUT2D eigenvalue weighted by molar-refractivity contribution is 5.94. The molecule has 0 saturated carbocycles. The second-order valence-corrected chi connectivity index (χ2v) is 9.26. The summed E-state index contributed by atoms with van der Waals surface area (Å²) in [6, 6.07) is -4.22. The summed E-state index contributed by atoms with van der Waals surface area (Å²) >= 11 is 0. The second-order valence-electron chi connectivity index (χ2n) is 9.26. The molecule has 39 heavy (non-hydrogen) atoms. The fraction of sp³-hybridized carbons (Fsp3) is 0.583. The zero-order valence-electron chi connectivity index (χ0n) is 21.9. The summed E-state index contributed by atoms with van der Waals surface area (Å²) in [5.74, 6) is -3.02. The molecule has 0 saturated heterocycles. The van der Waals surface area contributed by atoms with Gasteiger partial charge in [0, 0.05) is 36.6 Å². The number of nitrogens with two attached hydrogens (primary N) is 3. The Kier molecular flexibility index (Phi) is 13.6. The molecular formula is C24H40N10O5. The minimum Gasteiger partial charge on any atom is -0.480 e. The lowest BCUT2D eigenvalue weighted by Crippen LogP contribution is -2.57. The predicted octanol–water partition coefficient (Wildman–Crippen LogP) is -1.96. The molecule has 0 radical (unpaired) electrons. The zero-order chi connectivity index (χ0) is 28.6. The maximum atomic E-state index is 13.3. The third-order valence-corrected chi connectivity index (χ3v) is 6.08. The number of nitrogens with one attached hydrogen (secondary N) is 5. The number of aromatic nitrogens is 4. The Morgan fingerprint density at radius 2 is 1.23 bits per heavy atom. The number of carboxylic acids is 1. The summed E-state index contributed by atoms with van der Waals surface area (Å²) in [5, 5.41) is 17.4. The van der Waals surface area contributed by atoms with Crippen molar-refractivity contribution in [1.29, 1.82) is 0 Å². The molecule has 0 spiro atoms. The van der Waals surface area contributed by atoms with Gasteiger partial charge in [-0.15, -0.1) is 0 Å². The van der Waals surface area contributed by atoms with Gasteiger partial charge in [0.15, 0.2) is 0 Å². The van der Waals surface area contributed by atoms with Crippen LogP contribution in [0.1, 0.15) is 49.9 Å². The van der Waals surface area contributed by atoms with Gasteiger partial charge in [0.25, 0.3) is 0 Å². The van der Waals surface area contributed by atoms with Crippen LogP contribution in [0.4, 0.5) is 0 Å². The molecule has 0 aromatic carbocycles. The largest absolute Gasteiger partial charge is 0.480 e. The van der Waals surface area contributed by atoms with Gasteiger partial charge in [-0.3, -0.25) is 14.4 Å². The topological polar surface area (TPSA) is 260 Å². The summed E-state index contributed by atoms with van der Waals surface area (Å²) in [7, 11) is 0. The number of carbonyl (C=O) groups excluding carboxylic acids is 3. The molecule has 12 N–H and O–H groups in total. The number of hydrogen-bond acceptors (Lipinski definition) is 9. The highest BCUT2D eigenvalue weighted by Gasteiger charge is 2.30. The Balaban J connectivity index is 2.14. The molecule has 2 rings (SSSR count). The van der Waals surface area contributed by atoms with Gasteiger partial charge < -0.3 is 48.2 Å². The fourth-order valence-electron chi connectivity index (χ4n) is 3.89. The van der Waals surface area contributed by atoms with Crippen LogP contribution in [0.2, 0.25) is 0 Å². The molecule has 0 aliphatic heterocycles. The molecule has 15 nitrogen and oxygen atoms in total. The number of carboxylic acid groups (broad SMARTS) is 1. The molecule has 3 amide bonds. The molecule has 2 heterocycles. The molecular weight excluding hydrogens is 508 g/mol. The molecule has 4 atom stereocenters. The Bertz CT molecular complexity index is 1010. The third-order valence-electron chi connectivity index (χ3n) is 6.08. The van der Waals surface area contributed by atoms with E-state index in [0.29, 0.717) is 50.2 Å². The first-order valence-corrected chi connectivity index (χ1v) is 13.0. The van der Waals surface area contributed by atoms with Crippen LogP contribution in [0, 0.1) is 0 Å². The molecule has 2 aromatic heterocycles. The van der Waals surface area contributed by atoms with Crippen LogP contribution in [0.3, 0.4) is 0 Å². The van der Waals surface area contributed by atoms with Crippen molar-refractivity contribution in [3.05, 3.63) is 36.4 Å². The van der Waals surface area contributed by atoms with Gasteiger partial charge in [0.2, 0.25) is 17.7 Å². The summed E-state index contributed by atoms with van der Waals surface area (Å²) in [5.41, 5.74) is 18.3. The van der Waals surface area contributed by atoms with Crippen molar-refractivity contribution in [2.75, 3.05) is 13.1 Å². The van der Waals surface area contributed by atoms with Crippen molar-refractivity contribution in [3.63, 3.8) is 0 Å². The lowest BCUT2D eigenvalue weighted by atomic mass is 10.0. The first-order chi connectivity index (χ1) is 18.7. The zero-order valence-corrected chi connectivity index (χ0v) is 21.9. The highest BCUT2D eigenvalue weighted by atomic mass is 16.4. The van der Waals surface area contributed by atoms with Crippen molar-refractivity contribution in [2.45, 2.75) is 75.5 Å². The Labute approximate surface area is 226 Å². The molecule has 4 unspecified atom stereocenters. The SMILES string of the molecule is NCCCCC(NC(=O)C(Cc1cnc[nH]1)NC(=O)C(CCCCN)NC(=O)C(N)Cc1cnc[nH]1)C(=O)O. The van der Waals surface area contributed by atoms with E-state index < -0.39 is 47.9 Å². The number of unbranched alkanes of at least 4 members (excludes halogenated alkanes) is 2. The van der Waals surface area contributed by atoms with Gasteiger partial charge in [-0.1, -0.05) is 0 Å². The van der Waals surface area contributed by atoms with Crippen molar-refractivity contribution in [2.24, 2.45) is 17.2 Å². The first kappa shape index (κ1) is 31.4. The van der Waals surface area contributed by atoms with E-state index in [-0.39, 0.29) is 25.7 Å². The van der Waals surface area contributed by atoms with Crippen molar-refractivity contribution in [3.8, 4) is 0 Å². The molecule has 0 fully saturated rings. The Hall–Kier alpha value is -3.82. The van der Waals surface area contributed by atoms with Gasteiger partial charge in [0.05, 0.1) is 18.7 Å². The van der Waals surface area contributed by atoms with E-state index >= 15 is 0 Å². The van der Waals surface area contributed by atoms with Crippen LogP contribution < -0.4 is 33.2 Å². The number of carbonyl (C=O) groups is 4. The van der Waals surface area contributed by atoms with E-state index in [2.05, 4.69) is 35.9 Å². The van der Waals surface area contributed by atoms with Gasteiger partial charge in [-0.25, -0.2) is 14.8 Å². The van der Waals surface area contributed by atoms with Crippen LogP contribution in [0.15, 0.2) is 25.0 Å². The van der Waals surface area contributed by atoms with Gasteiger partial charge in [0.1, 0.15) is 18.1 Å². The van der Waals surface area contributed by atoms with Gasteiger partial charge >= 0.3 is 5.97 Å². The molecule has 0 aliphatic carbocycles. The lowest BCUT2D eigenvalue weighted by Gasteiger charge is -2.25. The van der Waals surface area contributed by atoms with Crippen molar-refractivity contribution >= 4 is 23.7 Å². The molecule has 216 valence electrons. The highest BCUT2D eigenvalue weighted by Crippen LogP contribution is 2.07. The smallest absolute Gasteiger partial charge is 0.326 e. The number of imidazole rings is 2. The van der Waals surface area contributed by atoms with E-state index in [4.69, 9.17) is 17.2 Å². The minimum atomic E-state index is -1.19. The fourth-order valence-corrected chi connectivity index (χ4v) is 3.89. The Morgan fingerprint density at radius 3 is 1.74 bits per heavy atom. The third kappa shape index (κ3) is 11.2. The quantitative estimate of drug-likeness (QED) is 0.0875. The van der Waals surface area contributed by atoms with Crippen LogP contribution >= 0.6 is 0 Å². The number of aromatic amines is 2. The van der Waals surface area contributed by atoms with Gasteiger partial charge in [-0.2, -0.15) is 0 Å². The number of amides is 3. The molecule has 0 bridgehead atoms. The average Bonchev–Trinajstić information content (AvgIpc) is 3.61. The first-order valence-electron chi connectivity index (χ1n) is 13.0. The maximum Gasteiger partial charge on any atom is 0.326 e. The summed E-state index contributed by atoms with van der Waals surface area (Å²) in [6.07, 6.45) is 8.91. The number of rotatable bonds is 19. The van der Waals surface area contributed by atoms with Crippen LogP contribution in [0.25, 0.3) is 0 Å². The summed E-state index contributed by atoms with van der Waals surface area (Å²) in [4.78, 5) is 64.6. The average molecular weight is 549 g/mol. The maximum absolute atomic E-state index is 13.3. The number of hydrogen-bond donors (Lipinski definition) is 9. The van der Waals surface area contributed by atoms with E-state index in [9.17, 15) is 24.3 Å². The monoisotopic (exact) mass is 548 g/mol. The van der Waals surface area contributed by atoms with E-state index in [1.807, 2.05) is 0 Å². The van der Waals surface area contributed by atoms with Crippen LogP contribution in [0.5, 0.6) is 0 Å². The molecule has 15 heteroatoms. The number of H-pyrrole nitrogens is 2. The standard InChI is InChI=1S/C24H40N10O5/c25-7-3-1-5-18(32-21(35)17(27)9-15-11-28-13-30-15)22(36)34-20(10-16-12-29-14-31-16)23(37)33-19(24(38)39)6-2-4-8-26/h11-14,17-20H,1-10,25-27H2,(H,28,30)(H,29,31)(H,32,35)(H,33,37)(H,34,36)(H,38,39). The number of nitrogens with zero attached hydrogens (tertiary/aromatic N) is 2. The van der Waals surface area contributed by atoms with E-state index in [1.165, 1.54) is 18.9 Å². The second kappa shape index (κ2) is 16.9. The van der Waals surface area contributed by atoms with Crippen LogP contribution in [-0.4, -0.2) is 86.0 Å². The summed E-state index contributed by atoms with van der Waals surface area (Å²) < 4.78 is 0. The Morgan fingerprint density at radius 1 is 0.744 bits per heavy atom. The van der Waals surface area contributed by atoms with Crippen molar-refractivity contribution in [1.82, 2.24) is 35.9 Å². The molecule has 2 aromatic rings. The number of aliphatic carboxylic acids is 1. The van der Waals surface area contributed by atoms with E-state index in [0.717, 1.165) is 0 Å². The van der Waals surface area contributed by atoms with E-state index in [1.54, 1.807) is 6.20 Å². The summed E-state index contributed by atoms with van der Waals surface area (Å²) in [6.45, 7) is 0.814. The normalized spacial score (nSPS) is 14.1. The molecule has 0 aliphatic rings. The minimum absolute atomic E-state index is 0.0233. The predicted molar refractivity (Wildman–Crippen MR) is 142 cm³/mol.